The molecule has 1 aliphatic heterocycles. The molecule has 0 aromatic rings. The van der Waals surface area contributed by atoms with Crippen molar-refractivity contribution in [2.45, 2.75) is 6.04 Å². The molecule has 0 bridgehead atoms. The molecule has 6 nitrogen and oxygen atoms in total. The molecule has 1 aliphatic rings. The maximum Gasteiger partial charge on any atom is 0.353 e. The second-order valence-electron chi connectivity index (χ2n) is 2.52. The van der Waals surface area contributed by atoms with Crippen LogP contribution in [0.15, 0.2) is 17.4 Å². The van der Waals surface area contributed by atoms with Crippen LogP contribution < -0.4 is 0 Å². The second-order valence-corrected chi connectivity index (χ2v) is 2.52. The number of aliphatic carboxylic acids is 2. The molecule has 0 amide bonds. The number of hydrogen-bond donors (Lipinski definition) is 2. The normalized spacial score (nSPS) is 21.2. The average Bonchev–Trinajstić information content (AvgIpc) is 2.02. The van der Waals surface area contributed by atoms with E-state index in [1.54, 1.807) is 0 Å². The van der Waals surface area contributed by atoms with Crippen LogP contribution in [0, 0.1) is 0 Å². The molecule has 1 unspecified atom stereocenters. The Bertz CT molecular complexity index is 308. The highest BCUT2D eigenvalue weighted by Crippen LogP contribution is 2.07. The lowest BCUT2D eigenvalue weighted by Gasteiger charge is -2.24. The van der Waals surface area contributed by atoms with Gasteiger partial charge >= 0.3 is 11.9 Å². The van der Waals surface area contributed by atoms with Gasteiger partial charge in [-0.15, -0.1) is 0 Å². The Balaban J connectivity index is 3.02. The molecule has 70 valence electrons. The maximum absolute atomic E-state index is 10.7. The summed E-state index contributed by atoms with van der Waals surface area (Å²) < 4.78 is 0. The molecule has 0 fully saturated rings. The fraction of sp³-hybridized carbons (Fsp3) is 0.286. The fourth-order valence-corrected chi connectivity index (χ4v) is 1.03. The van der Waals surface area contributed by atoms with E-state index in [0.29, 0.717) is 0 Å². The van der Waals surface area contributed by atoms with Crippen LogP contribution in [0.3, 0.4) is 0 Å². The Labute approximate surface area is 73.8 Å². The highest BCUT2D eigenvalue weighted by molar-refractivity contribution is 6.41. The van der Waals surface area contributed by atoms with Gasteiger partial charge in [0.05, 0.1) is 0 Å². The standard InChI is InChI=1S/C7H8N2O4/c1-9-3-2-8-4(6(10)11)5(9)7(12)13/h2-3,5H,1H3,(H,10,11)(H,12,13). The van der Waals surface area contributed by atoms with Crippen LogP contribution in [-0.2, 0) is 9.59 Å². The van der Waals surface area contributed by atoms with Gasteiger partial charge in [0.2, 0.25) is 0 Å². The molecule has 0 radical (unpaired) electrons. The van der Waals surface area contributed by atoms with E-state index in [1.807, 2.05) is 0 Å². The Morgan fingerprint density at radius 3 is 2.54 bits per heavy atom. The first-order chi connectivity index (χ1) is 6.04. The first-order valence-corrected chi connectivity index (χ1v) is 3.46. The van der Waals surface area contributed by atoms with Crippen LogP contribution in [-0.4, -0.2) is 45.9 Å². The quantitative estimate of drug-likeness (QED) is 0.597. The Hall–Kier alpha value is -1.85. The van der Waals surface area contributed by atoms with Crippen molar-refractivity contribution in [1.29, 1.82) is 0 Å². The molecular weight excluding hydrogens is 176 g/mol. The predicted molar refractivity (Wildman–Crippen MR) is 43.4 cm³/mol. The van der Waals surface area contributed by atoms with Crippen molar-refractivity contribution >= 4 is 17.7 Å². The third-order valence-corrected chi connectivity index (χ3v) is 1.63. The summed E-state index contributed by atoms with van der Waals surface area (Å²) in [5.74, 6) is -2.54. The van der Waals surface area contributed by atoms with Gasteiger partial charge in [-0.1, -0.05) is 0 Å². The van der Waals surface area contributed by atoms with Crippen LogP contribution >= 0.6 is 0 Å². The summed E-state index contributed by atoms with van der Waals surface area (Å²) in [5.41, 5.74) is -0.377. The molecule has 0 aliphatic carbocycles. The highest BCUT2D eigenvalue weighted by atomic mass is 16.4. The second kappa shape index (κ2) is 3.26. The zero-order valence-electron chi connectivity index (χ0n) is 6.84. The molecule has 0 spiro atoms. The van der Waals surface area contributed by atoms with Crippen molar-refractivity contribution in [2.75, 3.05) is 7.05 Å². The SMILES string of the molecule is CN1C=CN=C(C(=O)O)C1C(=O)O. The average molecular weight is 184 g/mol. The van der Waals surface area contributed by atoms with Crippen molar-refractivity contribution in [1.82, 2.24) is 4.90 Å². The number of rotatable bonds is 2. The van der Waals surface area contributed by atoms with Gasteiger partial charge in [0.1, 0.15) is 0 Å². The molecular formula is C7H8N2O4. The first kappa shape index (κ1) is 9.24. The number of hydrogen-bond acceptors (Lipinski definition) is 4. The third-order valence-electron chi connectivity index (χ3n) is 1.63. The molecule has 13 heavy (non-hydrogen) atoms. The van der Waals surface area contributed by atoms with Crippen LogP contribution in [0.5, 0.6) is 0 Å². The van der Waals surface area contributed by atoms with Gasteiger partial charge in [-0.2, -0.15) is 0 Å². The lowest BCUT2D eigenvalue weighted by molar-refractivity contribution is -0.141. The topological polar surface area (TPSA) is 90.2 Å². The summed E-state index contributed by atoms with van der Waals surface area (Å²) in [6, 6.07) is -1.21. The Morgan fingerprint density at radius 2 is 2.15 bits per heavy atom. The van der Waals surface area contributed by atoms with Crippen molar-refractivity contribution in [3.63, 3.8) is 0 Å². The van der Waals surface area contributed by atoms with Crippen molar-refractivity contribution in [3.05, 3.63) is 12.4 Å². The zero-order chi connectivity index (χ0) is 10.0. The van der Waals surface area contributed by atoms with E-state index < -0.39 is 18.0 Å². The molecule has 1 atom stereocenters. The van der Waals surface area contributed by atoms with Crippen LogP contribution in [0.4, 0.5) is 0 Å². The van der Waals surface area contributed by atoms with Gasteiger partial charge in [-0.3, -0.25) is 0 Å². The Kier molecular flexibility index (Phi) is 2.32. The summed E-state index contributed by atoms with van der Waals surface area (Å²) in [6.07, 6.45) is 2.66. The predicted octanol–water partition coefficient (Wildman–Crippen LogP) is -0.618. The Morgan fingerprint density at radius 1 is 1.54 bits per heavy atom. The summed E-state index contributed by atoms with van der Waals surface area (Å²) >= 11 is 0. The van der Waals surface area contributed by atoms with Crippen LogP contribution in [0.2, 0.25) is 0 Å². The van der Waals surface area contributed by atoms with E-state index >= 15 is 0 Å². The van der Waals surface area contributed by atoms with Gasteiger partial charge in [-0.05, 0) is 0 Å². The van der Waals surface area contributed by atoms with E-state index in [2.05, 4.69) is 4.99 Å². The smallest absolute Gasteiger partial charge is 0.353 e. The lowest BCUT2D eigenvalue weighted by atomic mass is 10.1. The zero-order valence-corrected chi connectivity index (χ0v) is 6.84. The lowest BCUT2D eigenvalue weighted by Crippen LogP contribution is -2.46. The van der Waals surface area contributed by atoms with Gasteiger partial charge in [-0.25, -0.2) is 14.6 Å². The largest absolute Gasteiger partial charge is 0.479 e. The van der Waals surface area contributed by atoms with Crippen molar-refractivity contribution in [3.8, 4) is 0 Å². The van der Waals surface area contributed by atoms with Crippen molar-refractivity contribution in [2.24, 2.45) is 4.99 Å². The summed E-state index contributed by atoms with van der Waals surface area (Å²) in [5, 5.41) is 17.3. The minimum absolute atomic E-state index is 0.377. The number of likely N-dealkylation sites (N-methyl/N-ethyl adjacent to an activating group) is 1. The van der Waals surface area contributed by atoms with E-state index in [1.165, 1.54) is 24.3 Å². The monoisotopic (exact) mass is 184 g/mol. The number of nitrogens with zero attached hydrogens (tertiary/aromatic N) is 2. The van der Waals surface area contributed by atoms with E-state index in [9.17, 15) is 9.59 Å². The number of carboxylic acid groups (broad SMARTS) is 2. The van der Waals surface area contributed by atoms with E-state index in [4.69, 9.17) is 10.2 Å². The van der Waals surface area contributed by atoms with E-state index in [0.717, 1.165) is 0 Å². The van der Waals surface area contributed by atoms with Gasteiger partial charge in [0.25, 0.3) is 0 Å². The van der Waals surface area contributed by atoms with Gasteiger partial charge in [0.15, 0.2) is 11.8 Å². The molecule has 6 heteroatoms. The molecule has 0 saturated heterocycles. The fourth-order valence-electron chi connectivity index (χ4n) is 1.03. The van der Waals surface area contributed by atoms with Crippen molar-refractivity contribution < 1.29 is 19.8 Å². The molecule has 2 N–H and O–H groups in total. The molecule has 0 saturated carbocycles. The number of carbonyl (C=O) groups is 2. The minimum atomic E-state index is -1.32. The molecule has 1 rings (SSSR count). The molecule has 0 aromatic heterocycles. The van der Waals surface area contributed by atoms with Gasteiger partial charge in [0, 0.05) is 19.4 Å². The van der Waals surface area contributed by atoms with Crippen LogP contribution in [0.25, 0.3) is 0 Å². The highest BCUT2D eigenvalue weighted by Gasteiger charge is 2.32. The van der Waals surface area contributed by atoms with Gasteiger partial charge < -0.3 is 15.1 Å². The summed E-state index contributed by atoms with van der Waals surface area (Å²) in [7, 11) is 1.48. The summed E-state index contributed by atoms with van der Waals surface area (Å²) in [6.45, 7) is 0. The van der Waals surface area contributed by atoms with Crippen LogP contribution in [0.1, 0.15) is 0 Å². The molecule has 1 heterocycles. The third kappa shape index (κ3) is 1.66. The minimum Gasteiger partial charge on any atom is -0.479 e. The van der Waals surface area contributed by atoms with E-state index in [-0.39, 0.29) is 5.71 Å². The number of aliphatic imine (C=N–C) groups is 1. The number of carboxylic acids is 2. The molecule has 0 aromatic carbocycles. The summed E-state index contributed by atoms with van der Waals surface area (Å²) in [4.78, 5) is 26.0. The first-order valence-electron chi connectivity index (χ1n) is 3.46. The maximum atomic E-state index is 10.7.